The molecule has 212 valence electrons. The highest BCUT2D eigenvalue weighted by molar-refractivity contribution is 6.02. The van der Waals surface area contributed by atoms with Crippen molar-refractivity contribution in [3.8, 4) is 5.75 Å². The number of likely N-dealkylation sites (N-methyl/N-ethyl adjacent to an activating group) is 2. The van der Waals surface area contributed by atoms with E-state index in [9.17, 15) is 18.8 Å². The SMILES string of the molecule is CCC/C=C(/C(=C\N(C)CC(=O)N(C)C)NC(=O)c1cnn2cccnc12)c1cc(CC=O)ccc1OC(C)F. The molecule has 0 saturated carbocycles. The second-order valence-electron chi connectivity index (χ2n) is 9.41. The Morgan fingerprint density at radius 3 is 2.67 bits per heavy atom. The van der Waals surface area contributed by atoms with E-state index < -0.39 is 12.3 Å². The summed E-state index contributed by atoms with van der Waals surface area (Å²) >= 11 is 0. The molecule has 10 nitrogen and oxygen atoms in total. The molecule has 1 aromatic carbocycles. The average molecular weight is 551 g/mol. The maximum Gasteiger partial charge on any atom is 0.261 e. The molecule has 0 spiro atoms. The Bertz CT molecular complexity index is 1410. The molecule has 1 N–H and O–H groups in total. The third-order valence-corrected chi connectivity index (χ3v) is 5.87. The predicted molar refractivity (Wildman–Crippen MR) is 150 cm³/mol. The standard InChI is InChI=1S/C29H35FN6O4/c1-6-7-9-22(23-16-21(12-15-37)10-11-26(23)40-20(2)30)25(18-35(5)19-27(38)34(3)4)33-29(39)24-17-32-36-14-8-13-31-28(24)36/h8-11,13-18,20H,6-7,12,19H2,1-5H3,(H,33,39)/b22-9+,25-18+. The molecule has 1 atom stereocenters. The van der Waals surface area contributed by atoms with Crippen LogP contribution in [0.1, 0.15) is 48.2 Å². The maximum absolute atomic E-state index is 14.1. The van der Waals surface area contributed by atoms with Crippen LogP contribution in [0.2, 0.25) is 0 Å². The van der Waals surface area contributed by atoms with Crippen LogP contribution in [0.4, 0.5) is 4.39 Å². The molecule has 2 heterocycles. The van der Waals surface area contributed by atoms with Gasteiger partial charge in [0.1, 0.15) is 17.6 Å². The number of alkyl halides is 1. The molecular formula is C29H35FN6O4. The van der Waals surface area contributed by atoms with E-state index in [1.54, 1.807) is 68.9 Å². The molecule has 3 aromatic rings. The van der Waals surface area contributed by atoms with Gasteiger partial charge in [-0.3, -0.25) is 9.59 Å². The largest absolute Gasteiger partial charge is 0.460 e. The quantitative estimate of drug-likeness (QED) is 0.256. The van der Waals surface area contributed by atoms with Gasteiger partial charge < -0.3 is 24.6 Å². The summed E-state index contributed by atoms with van der Waals surface area (Å²) in [6.07, 6.45) is 8.99. The predicted octanol–water partition coefficient (Wildman–Crippen LogP) is 3.64. The van der Waals surface area contributed by atoms with E-state index in [0.717, 1.165) is 12.7 Å². The molecule has 0 saturated heterocycles. The highest BCUT2D eigenvalue weighted by Gasteiger charge is 2.21. The topological polar surface area (TPSA) is 109 Å². The lowest BCUT2D eigenvalue weighted by atomic mass is 9.96. The highest BCUT2D eigenvalue weighted by Crippen LogP contribution is 2.33. The van der Waals surface area contributed by atoms with Crippen LogP contribution < -0.4 is 10.1 Å². The summed E-state index contributed by atoms with van der Waals surface area (Å²) in [7, 11) is 5.03. The first-order valence-electron chi connectivity index (χ1n) is 12.9. The maximum atomic E-state index is 14.1. The Hall–Kier alpha value is -4.54. The monoisotopic (exact) mass is 550 g/mol. The molecule has 0 aliphatic heterocycles. The number of nitrogens with one attached hydrogen (secondary N) is 1. The van der Waals surface area contributed by atoms with E-state index >= 15 is 0 Å². The number of aromatic nitrogens is 3. The zero-order valence-electron chi connectivity index (χ0n) is 23.4. The normalized spacial score (nSPS) is 12.7. The van der Waals surface area contributed by atoms with Crippen molar-refractivity contribution >= 4 is 29.3 Å². The summed E-state index contributed by atoms with van der Waals surface area (Å²) in [5.74, 6) is -0.365. The number of benzene rings is 1. The number of nitrogens with zero attached hydrogens (tertiary/aromatic N) is 5. The van der Waals surface area contributed by atoms with E-state index in [1.807, 2.05) is 13.0 Å². The fourth-order valence-corrected chi connectivity index (χ4v) is 3.91. The van der Waals surface area contributed by atoms with Gasteiger partial charge in [-0.15, -0.1) is 0 Å². The number of rotatable bonds is 13. The van der Waals surface area contributed by atoms with Gasteiger partial charge in [0.05, 0.1) is 18.4 Å². The molecule has 1 unspecified atom stereocenters. The lowest BCUT2D eigenvalue weighted by molar-refractivity contribution is -0.129. The van der Waals surface area contributed by atoms with Gasteiger partial charge in [0, 0.05) is 64.2 Å². The van der Waals surface area contributed by atoms with Gasteiger partial charge in [-0.2, -0.15) is 5.10 Å². The van der Waals surface area contributed by atoms with Crippen LogP contribution in [-0.2, 0) is 16.0 Å². The van der Waals surface area contributed by atoms with Gasteiger partial charge in [-0.05, 0) is 30.2 Å². The minimum Gasteiger partial charge on any atom is -0.460 e. The molecule has 2 amide bonds. The first-order valence-corrected chi connectivity index (χ1v) is 12.9. The molecule has 3 rings (SSSR count). The summed E-state index contributed by atoms with van der Waals surface area (Å²) < 4.78 is 21.0. The third kappa shape index (κ3) is 7.75. The van der Waals surface area contributed by atoms with Gasteiger partial charge in [0.15, 0.2) is 5.65 Å². The van der Waals surface area contributed by atoms with Crippen LogP contribution in [0.25, 0.3) is 11.2 Å². The second kappa shape index (κ2) is 14.0. The van der Waals surface area contributed by atoms with Crippen LogP contribution in [0.5, 0.6) is 5.75 Å². The minimum absolute atomic E-state index is 0.0434. The number of amides is 2. The number of ether oxygens (including phenoxy) is 1. The second-order valence-corrected chi connectivity index (χ2v) is 9.41. The van der Waals surface area contributed by atoms with Crippen molar-refractivity contribution in [1.29, 1.82) is 0 Å². The van der Waals surface area contributed by atoms with Crippen molar-refractivity contribution in [3.63, 3.8) is 0 Å². The molecule has 0 fully saturated rings. The third-order valence-electron chi connectivity index (χ3n) is 5.87. The number of halogens is 1. The molecule has 0 radical (unpaired) electrons. The van der Waals surface area contributed by atoms with E-state index in [0.29, 0.717) is 34.5 Å². The number of unbranched alkanes of at least 4 members (excludes halogenated alkanes) is 1. The first-order chi connectivity index (χ1) is 19.1. The Labute approximate surface area is 233 Å². The Balaban J connectivity index is 2.17. The molecule has 40 heavy (non-hydrogen) atoms. The van der Waals surface area contributed by atoms with Gasteiger partial charge in [-0.25, -0.2) is 13.9 Å². The lowest BCUT2D eigenvalue weighted by Crippen LogP contribution is -2.33. The zero-order valence-corrected chi connectivity index (χ0v) is 23.4. The van der Waals surface area contributed by atoms with Gasteiger partial charge in [0.25, 0.3) is 5.91 Å². The van der Waals surface area contributed by atoms with Crippen LogP contribution in [0, 0.1) is 0 Å². The van der Waals surface area contributed by atoms with Crippen LogP contribution in [-0.4, -0.2) is 76.5 Å². The summed E-state index contributed by atoms with van der Waals surface area (Å²) in [6.45, 7) is 3.32. The van der Waals surface area contributed by atoms with Crippen LogP contribution in [0.15, 0.2) is 60.8 Å². The molecule has 0 aliphatic rings. The van der Waals surface area contributed by atoms with E-state index in [4.69, 9.17) is 4.74 Å². The summed E-state index contributed by atoms with van der Waals surface area (Å²) in [5, 5.41) is 7.16. The van der Waals surface area contributed by atoms with Crippen molar-refractivity contribution in [2.24, 2.45) is 0 Å². The van der Waals surface area contributed by atoms with Crippen LogP contribution >= 0.6 is 0 Å². The average Bonchev–Trinajstić information content (AvgIpc) is 3.34. The van der Waals surface area contributed by atoms with E-state index in [1.165, 1.54) is 22.5 Å². The molecule has 2 aromatic heterocycles. The number of fused-ring (bicyclic) bond motifs is 1. The fourth-order valence-electron chi connectivity index (χ4n) is 3.91. The number of carbonyl (C=O) groups excluding carboxylic acids is 3. The van der Waals surface area contributed by atoms with Crippen LogP contribution in [0.3, 0.4) is 0 Å². The Morgan fingerprint density at radius 1 is 1.23 bits per heavy atom. The molecule has 0 aliphatic carbocycles. The number of allylic oxidation sites excluding steroid dienone is 2. The number of carbonyl (C=O) groups is 3. The molecule has 0 bridgehead atoms. The van der Waals surface area contributed by atoms with Gasteiger partial charge in [-0.1, -0.05) is 25.5 Å². The number of hydrogen-bond acceptors (Lipinski definition) is 7. The lowest BCUT2D eigenvalue weighted by Gasteiger charge is -2.22. The van der Waals surface area contributed by atoms with Crippen molar-refractivity contribution in [2.45, 2.75) is 39.5 Å². The van der Waals surface area contributed by atoms with Crippen molar-refractivity contribution in [3.05, 3.63) is 77.5 Å². The summed E-state index contributed by atoms with van der Waals surface area (Å²) in [5.41, 5.74) is 2.71. The van der Waals surface area contributed by atoms with E-state index in [-0.39, 0.29) is 30.2 Å². The van der Waals surface area contributed by atoms with Gasteiger partial charge in [0.2, 0.25) is 12.3 Å². The first kappa shape index (κ1) is 30.0. The fraction of sp³-hybridized carbons (Fsp3) is 0.345. The minimum atomic E-state index is -1.60. The van der Waals surface area contributed by atoms with E-state index in [2.05, 4.69) is 15.4 Å². The highest BCUT2D eigenvalue weighted by atomic mass is 19.1. The van der Waals surface area contributed by atoms with Crippen molar-refractivity contribution < 1.29 is 23.5 Å². The number of aldehydes is 1. The Morgan fingerprint density at radius 2 is 2.00 bits per heavy atom. The summed E-state index contributed by atoms with van der Waals surface area (Å²) in [4.78, 5) is 44.7. The molecule has 11 heteroatoms. The Kier molecular flexibility index (Phi) is 10.5. The van der Waals surface area contributed by atoms with Crippen molar-refractivity contribution in [1.82, 2.24) is 29.7 Å². The smallest absolute Gasteiger partial charge is 0.261 e. The summed E-state index contributed by atoms with van der Waals surface area (Å²) in [6, 6.07) is 6.75. The van der Waals surface area contributed by atoms with Gasteiger partial charge >= 0.3 is 0 Å². The zero-order chi connectivity index (χ0) is 29.2. The van der Waals surface area contributed by atoms with Crippen molar-refractivity contribution in [2.75, 3.05) is 27.7 Å². The number of hydrogen-bond donors (Lipinski definition) is 1. The molecular weight excluding hydrogens is 515 g/mol.